The fourth-order valence-electron chi connectivity index (χ4n) is 3.11. The lowest BCUT2D eigenvalue weighted by Crippen LogP contribution is -2.47. The van der Waals surface area contributed by atoms with E-state index in [-0.39, 0.29) is 23.3 Å². The molecule has 1 aliphatic rings. The summed E-state index contributed by atoms with van der Waals surface area (Å²) in [5.41, 5.74) is 0.642. The van der Waals surface area contributed by atoms with Crippen molar-refractivity contribution in [1.82, 2.24) is 10.6 Å². The summed E-state index contributed by atoms with van der Waals surface area (Å²) in [4.78, 5) is 11.9. The number of carbonyl (C=O) groups excluding carboxylic acids is 1. The van der Waals surface area contributed by atoms with Crippen LogP contribution < -0.4 is 15.4 Å². The molecule has 0 radical (unpaired) electrons. The predicted octanol–water partition coefficient (Wildman–Crippen LogP) is 2.62. The fraction of sp³-hybridized carbons (Fsp3) is 0.611. The lowest BCUT2D eigenvalue weighted by atomic mass is 9.73. The van der Waals surface area contributed by atoms with Gasteiger partial charge in [-0.1, -0.05) is 25.8 Å². The number of amides is 2. The van der Waals surface area contributed by atoms with Gasteiger partial charge >= 0.3 is 6.03 Å². The Morgan fingerprint density at radius 2 is 2.21 bits per heavy atom. The third-order valence-corrected chi connectivity index (χ3v) is 4.85. The molecule has 0 aliphatic heterocycles. The van der Waals surface area contributed by atoms with Crippen LogP contribution in [0.4, 0.5) is 9.18 Å². The highest BCUT2D eigenvalue weighted by Gasteiger charge is 2.35. The number of rotatable bonds is 6. The van der Waals surface area contributed by atoms with Gasteiger partial charge < -0.3 is 20.5 Å². The van der Waals surface area contributed by atoms with Crippen LogP contribution >= 0.6 is 0 Å². The molecule has 1 fully saturated rings. The first-order valence-corrected chi connectivity index (χ1v) is 8.47. The quantitative estimate of drug-likeness (QED) is 0.747. The molecule has 0 bridgehead atoms. The first-order valence-electron chi connectivity index (χ1n) is 8.47. The van der Waals surface area contributed by atoms with Gasteiger partial charge in [-0.05, 0) is 37.0 Å². The van der Waals surface area contributed by atoms with Crippen molar-refractivity contribution in [2.24, 2.45) is 5.41 Å². The minimum atomic E-state index is -0.397. The molecule has 1 aromatic carbocycles. The second-order valence-corrected chi connectivity index (χ2v) is 6.74. The maximum absolute atomic E-state index is 13.3. The first kappa shape index (κ1) is 18.5. The van der Waals surface area contributed by atoms with Crippen LogP contribution in [-0.4, -0.2) is 37.4 Å². The molecule has 2 amide bonds. The predicted molar refractivity (Wildman–Crippen MR) is 90.6 cm³/mol. The van der Waals surface area contributed by atoms with Crippen LogP contribution in [0.1, 0.15) is 38.2 Å². The maximum atomic E-state index is 13.3. The zero-order valence-electron chi connectivity index (χ0n) is 14.4. The number of hydrogen-bond acceptors (Lipinski definition) is 3. The average Bonchev–Trinajstić information content (AvgIpc) is 2.57. The van der Waals surface area contributed by atoms with Crippen molar-refractivity contribution in [2.75, 3.05) is 20.2 Å². The Balaban J connectivity index is 1.73. The van der Waals surface area contributed by atoms with Crippen molar-refractivity contribution >= 4 is 6.03 Å². The van der Waals surface area contributed by atoms with Crippen molar-refractivity contribution in [1.29, 1.82) is 0 Å². The van der Waals surface area contributed by atoms with Gasteiger partial charge in [-0.2, -0.15) is 0 Å². The highest BCUT2D eigenvalue weighted by Crippen LogP contribution is 2.35. The number of hydrogen-bond donors (Lipinski definition) is 3. The molecule has 5 nitrogen and oxygen atoms in total. The average molecular weight is 338 g/mol. The SMILES string of the molecule is COc1cc(CCNC(=O)NCC2(C)CCCCC2O)ccc1F. The Hall–Kier alpha value is -1.82. The summed E-state index contributed by atoms with van der Waals surface area (Å²) in [5.74, 6) is -0.192. The van der Waals surface area contributed by atoms with Crippen LogP contribution in [0.25, 0.3) is 0 Å². The molecule has 134 valence electrons. The summed E-state index contributed by atoms with van der Waals surface area (Å²) in [6, 6.07) is 4.42. The number of halogens is 1. The molecule has 3 N–H and O–H groups in total. The monoisotopic (exact) mass is 338 g/mol. The number of ether oxygens (including phenoxy) is 1. The third-order valence-electron chi connectivity index (χ3n) is 4.85. The largest absolute Gasteiger partial charge is 0.494 e. The van der Waals surface area contributed by atoms with E-state index in [9.17, 15) is 14.3 Å². The highest BCUT2D eigenvalue weighted by atomic mass is 19.1. The number of urea groups is 1. The molecule has 2 rings (SSSR count). The van der Waals surface area contributed by atoms with E-state index in [1.54, 1.807) is 12.1 Å². The molecule has 2 unspecified atom stereocenters. The van der Waals surface area contributed by atoms with E-state index < -0.39 is 5.82 Å². The Kier molecular flexibility index (Phi) is 6.43. The Morgan fingerprint density at radius 1 is 1.42 bits per heavy atom. The van der Waals surface area contributed by atoms with Gasteiger partial charge in [0.25, 0.3) is 0 Å². The molecule has 6 heteroatoms. The molecule has 0 spiro atoms. The molecule has 24 heavy (non-hydrogen) atoms. The van der Waals surface area contributed by atoms with Gasteiger partial charge in [0.05, 0.1) is 13.2 Å². The Bertz CT molecular complexity index is 567. The van der Waals surface area contributed by atoms with Crippen LogP contribution in [0.2, 0.25) is 0 Å². The summed E-state index contributed by atoms with van der Waals surface area (Å²) in [6.07, 6.45) is 4.08. The number of aliphatic hydroxyl groups is 1. The van der Waals surface area contributed by atoms with Gasteiger partial charge in [-0.25, -0.2) is 9.18 Å². The molecule has 2 atom stereocenters. The van der Waals surface area contributed by atoms with E-state index in [1.165, 1.54) is 13.2 Å². The van der Waals surface area contributed by atoms with Crippen LogP contribution in [0.15, 0.2) is 18.2 Å². The number of methoxy groups -OCH3 is 1. The third kappa shape index (κ3) is 4.84. The summed E-state index contributed by atoms with van der Waals surface area (Å²) in [5, 5.41) is 15.8. The number of nitrogens with one attached hydrogen (secondary N) is 2. The minimum Gasteiger partial charge on any atom is -0.494 e. The number of aliphatic hydroxyl groups excluding tert-OH is 1. The Morgan fingerprint density at radius 3 is 2.92 bits per heavy atom. The van der Waals surface area contributed by atoms with Crippen LogP contribution in [0.5, 0.6) is 5.75 Å². The lowest BCUT2D eigenvalue weighted by Gasteiger charge is -2.38. The van der Waals surface area contributed by atoms with Gasteiger partial charge in [0.15, 0.2) is 11.6 Å². The molecule has 1 aliphatic carbocycles. The van der Waals surface area contributed by atoms with Crippen LogP contribution in [0, 0.1) is 11.2 Å². The number of carbonyl (C=O) groups is 1. The summed E-state index contributed by atoms with van der Waals surface area (Å²) in [7, 11) is 1.42. The standard InChI is InChI=1S/C18H27FN2O3/c1-18(9-4-3-5-16(18)22)12-21-17(23)20-10-8-13-6-7-14(19)15(11-13)24-2/h6-7,11,16,22H,3-5,8-10,12H2,1-2H3,(H2,20,21,23). The second-order valence-electron chi connectivity index (χ2n) is 6.74. The molecule has 1 aromatic rings. The van der Waals surface area contributed by atoms with Crippen LogP contribution in [0.3, 0.4) is 0 Å². The van der Waals surface area contributed by atoms with Crippen molar-refractivity contribution < 1.29 is 19.0 Å². The summed E-state index contributed by atoms with van der Waals surface area (Å²) >= 11 is 0. The summed E-state index contributed by atoms with van der Waals surface area (Å²) < 4.78 is 18.3. The van der Waals surface area contributed by atoms with E-state index in [1.807, 2.05) is 6.92 Å². The number of benzene rings is 1. The van der Waals surface area contributed by atoms with Gasteiger partial charge in [-0.15, -0.1) is 0 Å². The van der Waals surface area contributed by atoms with E-state index >= 15 is 0 Å². The normalized spacial score (nSPS) is 23.6. The molecular formula is C18H27FN2O3. The van der Waals surface area contributed by atoms with Crippen molar-refractivity contribution in [3.63, 3.8) is 0 Å². The molecular weight excluding hydrogens is 311 g/mol. The molecule has 0 aromatic heterocycles. The lowest BCUT2D eigenvalue weighted by molar-refractivity contribution is 0.00310. The Labute approximate surface area is 142 Å². The van der Waals surface area contributed by atoms with Gasteiger partial charge in [0.1, 0.15) is 0 Å². The maximum Gasteiger partial charge on any atom is 0.314 e. The second kappa shape index (κ2) is 8.33. The van der Waals surface area contributed by atoms with Gasteiger partial charge in [0, 0.05) is 18.5 Å². The van der Waals surface area contributed by atoms with Crippen molar-refractivity contribution in [3.8, 4) is 5.75 Å². The molecule has 0 heterocycles. The smallest absolute Gasteiger partial charge is 0.314 e. The summed E-state index contributed by atoms with van der Waals surface area (Å²) in [6.45, 7) is 2.92. The molecule has 0 saturated heterocycles. The van der Waals surface area contributed by atoms with Crippen molar-refractivity contribution in [2.45, 2.75) is 45.1 Å². The van der Waals surface area contributed by atoms with Crippen LogP contribution in [-0.2, 0) is 6.42 Å². The highest BCUT2D eigenvalue weighted by molar-refractivity contribution is 5.73. The molecule has 1 saturated carbocycles. The minimum absolute atomic E-state index is 0.205. The van der Waals surface area contributed by atoms with Gasteiger partial charge in [-0.3, -0.25) is 0 Å². The topological polar surface area (TPSA) is 70.6 Å². The zero-order chi connectivity index (χ0) is 17.6. The van der Waals surface area contributed by atoms with Crippen molar-refractivity contribution in [3.05, 3.63) is 29.6 Å². The van der Waals surface area contributed by atoms with E-state index in [4.69, 9.17) is 4.74 Å². The first-order chi connectivity index (χ1) is 11.4. The van der Waals surface area contributed by atoms with E-state index in [0.29, 0.717) is 19.5 Å². The van der Waals surface area contributed by atoms with Gasteiger partial charge in [0.2, 0.25) is 0 Å². The van der Waals surface area contributed by atoms with E-state index in [0.717, 1.165) is 31.2 Å². The van der Waals surface area contributed by atoms with E-state index in [2.05, 4.69) is 10.6 Å². The fourth-order valence-corrected chi connectivity index (χ4v) is 3.11. The zero-order valence-corrected chi connectivity index (χ0v) is 14.4.